The highest BCUT2D eigenvalue weighted by Gasteiger charge is 2.10. The normalized spacial score (nSPS) is 12.4. The van der Waals surface area contributed by atoms with Crippen molar-refractivity contribution in [3.63, 3.8) is 0 Å². The number of allylic oxidation sites excluding steroid dienone is 1. The lowest BCUT2D eigenvalue weighted by atomic mass is 10.0. The Morgan fingerprint density at radius 2 is 1.80 bits per heavy atom. The molecule has 114 valence electrons. The van der Waals surface area contributed by atoms with E-state index in [1.807, 2.05) is 0 Å². The fourth-order valence-electron chi connectivity index (χ4n) is 1.67. The molecule has 0 heterocycles. The molecule has 0 radical (unpaired) electrons. The first-order chi connectivity index (χ1) is 9.46. The molecular weight excluding hydrogens is 258 g/mol. The lowest BCUT2D eigenvalue weighted by molar-refractivity contribution is -0.137. The number of ether oxygens (including phenoxy) is 1. The van der Waals surface area contributed by atoms with Gasteiger partial charge in [0.1, 0.15) is 0 Å². The van der Waals surface area contributed by atoms with Crippen LogP contribution in [0.2, 0.25) is 0 Å². The molecule has 0 atom stereocenters. The standard InChI is InChI=1S/C15H25NO4/c1-5-12(6-2)10-16-11(4)13(15(18)19)8-9-14(17)20-7-3/h8-9,12,16H,5-7,10H2,1-4H3,(H,18,19). The van der Waals surface area contributed by atoms with Gasteiger partial charge < -0.3 is 15.2 Å². The maximum atomic E-state index is 11.2. The Bertz CT molecular complexity index is 381. The molecule has 0 bridgehead atoms. The summed E-state index contributed by atoms with van der Waals surface area (Å²) >= 11 is 0. The number of carbonyl (C=O) groups excluding carboxylic acids is 1. The minimum atomic E-state index is -1.07. The molecule has 0 aliphatic rings. The number of carbonyl (C=O) groups is 2. The van der Waals surface area contributed by atoms with Crippen LogP contribution in [0, 0.1) is 5.92 Å². The summed E-state index contributed by atoms with van der Waals surface area (Å²) in [4.78, 5) is 22.4. The molecule has 0 unspecified atom stereocenters. The highest BCUT2D eigenvalue weighted by molar-refractivity contribution is 5.93. The summed E-state index contributed by atoms with van der Waals surface area (Å²) in [7, 11) is 0. The van der Waals surface area contributed by atoms with E-state index in [0.717, 1.165) is 25.5 Å². The van der Waals surface area contributed by atoms with Crippen LogP contribution in [0.4, 0.5) is 0 Å². The monoisotopic (exact) mass is 283 g/mol. The van der Waals surface area contributed by atoms with Crippen LogP contribution in [-0.2, 0) is 14.3 Å². The van der Waals surface area contributed by atoms with Crippen LogP contribution in [0.15, 0.2) is 23.4 Å². The van der Waals surface area contributed by atoms with Gasteiger partial charge in [-0.1, -0.05) is 26.7 Å². The molecule has 20 heavy (non-hydrogen) atoms. The van der Waals surface area contributed by atoms with Crippen molar-refractivity contribution in [2.24, 2.45) is 5.92 Å². The van der Waals surface area contributed by atoms with Gasteiger partial charge in [0.2, 0.25) is 0 Å². The molecule has 0 aliphatic carbocycles. The number of esters is 1. The van der Waals surface area contributed by atoms with E-state index in [1.165, 1.54) is 6.08 Å². The Labute approximate surface area is 120 Å². The lowest BCUT2D eigenvalue weighted by Gasteiger charge is -2.15. The molecule has 0 aromatic carbocycles. The Balaban J connectivity index is 4.82. The van der Waals surface area contributed by atoms with Crippen molar-refractivity contribution in [3.05, 3.63) is 23.4 Å². The second kappa shape index (κ2) is 10.1. The minimum Gasteiger partial charge on any atom is -0.478 e. The number of hydrogen-bond acceptors (Lipinski definition) is 4. The predicted octanol–water partition coefficient (Wildman–Crippen LogP) is 2.49. The highest BCUT2D eigenvalue weighted by atomic mass is 16.5. The number of carboxylic acids is 1. The third kappa shape index (κ3) is 6.97. The topological polar surface area (TPSA) is 75.6 Å². The second-order valence-electron chi connectivity index (χ2n) is 4.49. The van der Waals surface area contributed by atoms with Crippen molar-refractivity contribution in [3.8, 4) is 0 Å². The molecule has 0 saturated carbocycles. The Morgan fingerprint density at radius 3 is 2.25 bits per heavy atom. The van der Waals surface area contributed by atoms with Crippen molar-refractivity contribution in [2.45, 2.75) is 40.5 Å². The summed E-state index contributed by atoms with van der Waals surface area (Å²) in [5, 5.41) is 12.3. The summed E-state index contributed by atoms with van der Waals surface area (Å²) < 4.78 is 4.72. The largest absolute Gasteiger partial charge is 0.478 e. The van der Waals surface area contributed by atoms with Crippen molar-refractivity contribution in [2.75, 3.05) is 13.2 Å². The van der Waals surface area contributed by atoms with Crippen molar-refractivity contribution in [1.29, 1.82) is 0 Å². The zero-order chi connectivity index (χ0) is 15.5. The summed E-state index contributed by atoms with van der Waals surface area (Å²) in [6.45, 7) is 8.59. The quantitative estimate of drug-likeness (QED) is 0.386. The Hall–Kier alpha value is -1.78. The molecule has 0 rings (SSSR count). The molecule has 0 aromatic rings. The van der Waals surface area contributed by atoms with Crippen LogP contribution in [0.3, 0.4) is 0 Å². The zero-order valence-corrected chi connectivity index (χ0v) is 12.7. The molecule has 0 saturated heterocycles. The van der Waals surface area contributed by atoms with Crippen LogP contribution in [0.1, 0.15) is 40.5 Å². The number of hydrogen-bond donors (Lipinski definition) is 2. The van der Waals surface area contributed by atoms with Crippen molar-refractivity contribution < 1.29 is 19.4 Å². The van der Waals surface area contributed by atoms with Gasteiger partial charge in [-0.25, -0.2) is 9.59 Å². The third-order valence-corrected chi connectivity index (χ3v) is 3.12. The maximum absolute atomic E-state index is 11.2. The first-order valence-corrected chi connectivity index (χ1v) is 6.98. The SMILES string of the molecule is CCOC(=O)C=CC(C(=O)O)=C(C)NCC(CC)CC. The van der Waals surface area contributed by atoms with Crippen molar-refractivity contribution in [1.82, 2.24) is 5.32 Å². The van der Waals surface area contributed by atoms with E-state index in [1.54, 1.807) is 13.8 Å². The molecule has 0 fully saturated rings. The van der Waals surface area contributed by atoms with Crippen LogP contribution in [0.25, 0.3) is 0 Å². The van der Waals surface area contributed by atoms with Crippen LogP contribution in [0.5, 0.6) is 0 Å². The van der Waals surface area contributed by atoms with Gasteiger partial charge >= 0.3 is 11.9 Å². The van der Waals surface area contributed by atoms with Crippen LogP contribution in [-0.4, -0.2) is 30.2 Å². The van der Waals surface area contributed by atoms with Gasteiger partial charge in [0.25, 0.3) is 0 Å². The van der Waals surface area contributed by atoms with Gasteiger partial charge in [0, 0.05) is 18.3 Å². The molecule has 2 N–H and O–H groups in total. The molecule has 0 aliphatic heterocycles. The van der Waals surface area contributed by atoms with Gasteiger partial charge in [-0.2, -0.15) is 0 Å². The van der Waals surface area contributed by atoms with Crippen LogP contribution >= 0.6 is 0 Å². The molecule has 0 aromatic heterocycles. The second-order valence-corrected chi connectivity index (χ2v) is 4.49. The van der Waals surface area contributed by atoms with E-state index < -0.39 is 11.9 Å². The van der Waals surface area contributed by atoms with E-state index in [0.29, 0.717) is 11.6 Å². The van der Waals surface area contributed by atoms with E-state index in [4.69, 9.17) is 9.84 Å². The van der Waals surface area contributed by atoms with E-state index in [2.05, 4.69) is 19.2 Å². The molecule has 0 amide bonds. The number of aliphatic carboxylic acids is 1. The fraction of sp³-hybridized carbons (Fsp3) is 0.600. The summed E-state index contributed by atoms with van der Waals surface area (Å²) in [5.41, 5.74) is 0.619. The maximum Gasteiger partial charge on any atom is 0.337 e. The van der Waals surface area contributed by atoms with Gasteiger partial charge in [-0.05, 0) is 25.8 Å². The van der Waals surface area contributed by atoms with Gasteiger partial charge in [0.05, 0.1) is 12.2 Å². The first-order valence-electron chi connectivity index (χ1n) is 6.98. The number of nitrogens with one attached hydrogen (secondary N) is 1. The Morgan fingerprint density at radius 1 is 1.20 bits per heavy atom. The molecule has 5 heteroatoms. The molecule has 5 nitrogen and oxygen atoms in total. The highest BCUT2D eigenvalue weighted by Crippen LogP contribution is 2.09. The van der Waals surface area contributed by atoms with E-state index in [-0.39, 0.29) is 12.2 Å². The fourth-order valence-corrected chi connectivity index (χ4v) is 1.67. The number of carboxylic acid groups (broad SMARTS) is 1. The number of rotatable bonds is 9. The smallest absolute Gasteiger partial charge is 0.337 e. The van der Waals surface area contributed by atoms with Gasteiger partial charge in [0.15, 0.2) is 0 Å². The lowest BCUT2D eigenvalue weighted by Crippen LogP contribution is -2.22. The van der Waals surface area contributed by atoms with E-state index >= 15 is 0 Å². The Kier molecular flexibility index (Phi) is 9.17. The van der Waals surface area contributed by atoms with Crippen LogP contribution < -0.4 is 5.32 Å². The summed E-state index contributed by atoms with van der Waals surface area (Å²) in [5.74, 6) is -1.10. The average Bonchev–Trinajstić information content (AvgIpc) is 2.40. The average molecular weight is 283 g/mol. The van der Waals surface area contributed by atoms with E-state index in [9.17, 15) is 9.59 Å². The third-order valence-electron chi connectivity index (χ3n) is 3.12. The zero-order valence-electron chi connectivity index (χ0n) is 12.7. The molecular formula is C15H25NO4. The summed E-state index contributed by atoms with van der Waals surface area (Å²) in [6, 6.07) is 0. The molecule has 0 spiro atoms. The first kappa shape index (κ1) is 18.2. The van der Waals surface area contributed by atoms with Crippen molar-refractivity contribution >= 4 is 11.9 Å². The van der Waals surface area contributed by atoms with Gasteiger partial charge in [-0.3, -0.25) is 0 Å². The summed E-state index contributed by atoms with van der Waals surface area (Å²) in [6.07, 6.45) is 4.49. The predicted molar refractivity (Wildman–Crippen MR) is 78.2 cm³/mol. The van der Waals surface area contributed by atoms with Gasteiger partial charge in [-0.15, -0.1) is 0 Å². The minimum absolute atomic E-state index is 0.0732.